The Hall–Kier alpha value is -6.31. The number of halogens is 6. The van der Waals surface area contributed by atoms with E-state index in [0.29, 0.717) is 17.9 Å². The molecule has 3 amide bonds. The van der Waals surface area contributed by atoms with Gasteiger partial charge in [-0.15, -0.1) is 0 Å². The molecule has 1 aliphatic carbocycles. The number of anilines is 4. The van der Waals surface area contributed by atoms with Gasteiger partial charge < -0.3 is 41.2 Å². The molecule has 0 aliphatic heterocycles. The molecule has 4 aromatic rings. The lowest BCUT2D eigenvalue weighted by Crippen LogP contribution is -2.50. The number of carboxylic acids is 1. The summed E-state index contributed by atoms with van der Waals surface area (Å²) in [7, 11) is 0. The summed E-state index contributed by atoms with van der Waals surface area (Å²) in [6, 6.07) is 14.8. The molecule has 6 N–H and O–H groups in total. The van der Waals surface area contributed by atoms with E-state index in [0.717, 1.165) is 11.6 Å². The number of nitrogens with one attached hydrogen (secondary N) is 5. The van der Waals surface area contributed by atoms with Gasteiger partial charge in [0.2, 0.25) is 11.9 Å². The number of carboxylic acid groups (broad SMARTS) is 1. The number of nitrogens with zero attached hydrogens (tertiary/aromatic N) is 3. The minimum absolute atomic E-state index is 0.0346. The Morgan fingerprint density at radius 1 is 0.889 bits per heavy atom. The SMILES string of the molecule is O=C(NC[C@H](NC(=O)c1ccc(Nc2nc(NC3(c4ccc(Cl)cc4)CC3)nc(OCC(F)(F)F)n2)cc1)C(=O)O)C(=O)Nc1cccc(OC(F)F)c1. The minimum Gasteiger partial charge on any atom is -0.480 e. The third-order valence-electron chi connectivity index (χ3n) is 7.47. The van der Waals surface area contributed by atoms with Crippen molar-refractivity contribution in [2.75, 3.05) is 29.1 Å². The Kier molecular flexibility index (Phi) is 11.9. The number of carbonyl (C=O) groups is 4. The standard InChI is InChI=1S/C33H28ClF5N8O7/c34-19-8-6-18(7-9-19)32(12-13-32)47-30-44-29(45-31(46-30)53-16-33(37,38)39)42-20-10-4-17(5-11-20)24(48)43-23(27(51)52)15-40-25(49)26(50)41-21-2-1-3-22(14-21)54-28(35)36/h1-11,14,23,28H,12-13,15-16H2,(H,40,49)(H,41,50)(H,43,48)(H,51,52)(H2,42,44,45,46,47)/t23-/m0/s1. The van der Waals surface area contributed by atoms with Gasteiger partial charge in [-0.25, -0.2) is 4.79 Å². The highest BCUT2D eigenvalue weighted by Crippen LogP contribution is 2.48. The Morgan fingerprint density at radius 3 is 2.20 bits per heavy atom. The maximum absolute atomic E-state index is 12.9. The van der Waals surface area contributed by atoms with E-state index >= 15 is 0 Å². The van der Waals surface area contributed by atoms with Crippen molar-refractivity contribution in [2.45, 2.75) is 37.2 Å². The molecular weight excluding hydrogens is 751 g/mol. The first-order valence-corrected chi connectivity index (χ1v) is 16.0. The molecule has 3 aromatic carbocycles. The fourth-order valence-corrected chi connectivity index (χ4v) is 4.89. The molecule has 284 valence electrons. The van der Waals surface area contributed by atoms with Crippen molar-refractivity contribution in [3.05, 3.63) is 88.9 Å². The number of aromatic nitrogens is 3. The Balaban J connectivity index is 1.20. The molecule has 15 nitrogen and oxygen atoms in total. The van der Waals surface area contributed by atoms with Gasteiger partial charge in [0.15, 0.2) is 6.61 Å². The van der Waals surface area contributed by atoms with Crippen LogP contribution in [0.4, 0.5) is 45.2 Å². The van der Waals surface area contributed by atoms with Gasteiger partial charge in [-0.2, -0.15) is 36.9 Å². The number of alkyl halides is 5. The molecular formula is C33H28ClF5N8O7. The fraction of sp³-hybridized carbons (Fsp3) is 0.242. The number of rotatable bonds is 15. The summed E-state index contributed by atoms with van der Waals surface area (Å²) in [5.74, 6) is -5.53. The Morgan fingerprint density at radius 2 is 1.57 bits per heavy atom. The van der Waals surface area contributed by atoms with Crippen molar-refractivity contribution in [2.24, 2.45) is 0 Å². The lowest BCUT2D eigenvalue weighted by atomic mass is 10.1. The third-order valence-corrected chi connectivity index (χ3v) is 7.73. The summed E-state index contributed by atoms with van der Waals surface area (Å²) in [5.41, 5.74) is 0.440. The van der Waals surface area contributed by atoms with Crippen molar-refractivity contribution in [3.63, 3.8) is 0 Å². The van der Waals surface area contributed by atoms with Crippen LogP contribution in [0.1, 0.15) is 28.8 Å². The van der Waals surface area contributed by atoms with Crippen LogP contribution in [0.2, 0.25) is 5.02 Å². The van der Waals surface area contributed by atoms with Crippen LogP contribution in [0.15, 0.2) is 72.8 Å². The zero-order valence-electron chi connectivity index (χ0n) is 27.4. The average Bonchev–Trinajstić information content (AvgIpc) is 3.89. The molecule has 21 heteroatoms. The highest BCUT2D eigenvalue weighted by atomic mass is 35.5. The fourth-order valence-electron chi connectivity index (χ4n) is 4.76. The lowest BCUT2D eigenvalue weighted by molar-refractivity contribution is -0.154. The molecule has 0 radical (unpaired) electrons. The van der Waals surface area contributed by atoms with E-state index in [4.69, 9.17) is 16.3 Å². The predicted molar refractivity (Wildman–Crippen MR) is 181 cm³/mol. The van der Waals surface area contributed by atoms with Crippen LogP contribution < -0.4 is 36.1 Å². The first-order valence-electron chi connectivity index (χ1n) is 15.6. The molecule has 1 saturated carbocycles. The van der Waals surface area contributed by atoms with E-state index in [-0.39, 0.29) is 34.6 Å². The maximum atomic E-state index is 12.9. The van der Waals surface area contributed by atoms with Crippen LogP contribution in [0, 0.1) is 0 Å². The zero-order valence-corrected chi connectivity index (χ0v) is 28.2. The predicted octanol–water partition coefficient (Wildman–Crippen LogP) is 4.85. The smallest absolute Gasteiger partial charge is 0.422 e. The molecule has 0 bridgehead atoms. The summed E-state index contributed by atoms with van der Waals surface area (Å²) in [6.45, 7) is -5.50. The van der Waals surface area contributed by atoms with Gasteiger partial charge in [0, 0.05) is 34.6 Å². The van der Waals surface area contributed by atoms with Crippen LogP contribution >= 0.6 is 11.6 Å². The molecule has 0 saturated heterocycles. The second-order valence-corrected chi connectivity index (χ2v) is 12.0. The lowest BCUT2D eigenvalue weighted by Gasteiger charge is -2.19. The molecule has 5 rings (SSSR count). The summed E-state index contributed by atoms with van der Waals surface area (Å²) < 4.78 is 72.7. The van der Waals surface area contributed by atoms with Crippen molar-refractivity contribution in [1.82, 2.24) is 25.6 Å². The second-order valence-electron chi connectivity index (χ2n) is 11.5. The van der Waals surface area contributed by atoms with Gasteiger partial charge in [0.05, 0.1) is 5.54 Å². The Labute approximate surface area is 306 Å². The van der Waals surface area contributed by atoms with Gasteiger partial charge in [0.1, 0.15) is 11.8 Å². The number of hydrogen-bond donors (Lipinski definition) is 6. The van der Waals surface area contributed by atoms with E-state index in [9.17, 15) is 46.2 Å². The number of aliphatic carboxylic acids is 1. The van der Waals surface area contributed by atoms with Crippen molar-refractivity contribution >= 4 is 58.6 Å². The normalized spacial score (nSPS) is 13.6. The first-order chi connectivity index (χ1) is 25.6. The molecule has 1 fully saturated rings. The van der Waals surface area contributed by atoms with Crippen LogP contribution in [0.5, 0.6) is 11.8 Å². The molecule has 1 heterocycles. The monoisotopic (exact) mass is 778 g/mol. The van der Waals surface area contributed by atoms with Crippen molar-refractivity contribution < 1.29 is 55.7 Å². The summed E-state index contributed by atoms with van der Waals surface area (Å²) in [6.07, 6.45) is -3.32. The minimum atomic E-state index is -4.67. The summed E-state index contributed by atoms with van der Waals surface area (Å²) in [4.78, 5) is 61.4. The van der Waals surface area contributed by atoms with Crippen LogP contribution in [0.25, 0.3) is 0 Å². The van der Waals surface area contributed by atoms with Crippen molar-refractivity contribution in [3.8, 4) is 11.8 Å². The highest BCUT2D eigenvalue weighted by molar-refractivity contribution is 6.39. The van der Waals surface area contributed by atoms with E-state index < -0.39 is 67.2 Å². The van der Waals surface area contributed by atoms with Gasteiger partial charge in [-0.05, 0) is 66.9 Å². The second kappa shape index (κ2) is 16.6. The topological polar surface area (TPSA) is 206 Å². The highest BCUT2D eigenvalue weighted by Gasteiger charge is 2.45. The van der Waals surface area contributed by atoms with Gasteiger partial charge >= 0.3 is 36.6 Å². The van der Waals surface area contributed by atoms with Gasteiger partial charge in [0.25, 0.3) is 5.91 Å². The third kappa shape index (κ3) is 11.1. The summed E-state index contributed by atoms with van der Waals surface area (Å²) in [5, 5.41) is 22.5. The average molecular weight is 779 g/mol. The van der Waals surface area contributed by atoms with E-state index in [1.807, 2.05) is 0 Å². The molecule has 0 spiro atoms. The van der Waals surface area contributed by atoms with E-state index in [1.54, 1.807) is 24.3 Å². The number of carbonyl (C=O) groups excluding carboxylic acids is 3. The number of amides is 3. The van der Waals surface area contributed by atoms with Crippen molar-refractivity contribution in [1.29, 1.82) is 0 Å². The largest absolute Gasteiger partial charge is 0.480 e. The van der Waals surface area contributed by atoms with E-state index in [1.165, 1.54) is 42.5 Å². The molecule has 1 aliphatic rings. The maximum Gasteiger partial charge on any atom is 0.422 e. The van der Waals surface area contributed by atoms with Crippen LogP contribution in [0.3, 0.4) is 0 Å². The van der Waals surface area contributed by atoms with Crippen LogP contribution in [-0.2, 0) is 19.9 Å². The first kappa shape index (κ1) is 38.9. The Bertz CT molecular complexity index is 2000. The quantitative estimate of drug-likeness (QED) is 0.0708. The number of benzene rings is 3. The van der Waals surface area contributed by atoms with Gasteiger partial charge in [-0.3, -0.25) is 14.4 Å². The number of ether oxygens (including phenoxy) is 2. The summed E-state index contributed by atoms with van der Waals surface area (Å²) >= 11 is 6.00. The van der Waals surface area contributed by atoms with Gasteiger partial charge in [-0.1, -0.05) is 29.8 Å². The molecule has 1 aromatic heterocycles. The number of hydrogen-bond acceptors (Lipinski definition) is 11. The zero-order chi connectivity index (χ0) is 39.0. The molecule has 0 unspecified atom stereocenters. The van der Waals surface area contributed by atoms with E-state index in [2.05, 4.69) is 46.3 Å². The van der Waals surface area contributed by atoms with Crippen LogP contribution in [-0.4, -0.2) is 75.7 Å². The molecule has 1 atom stereocenters. The molecule has 54 heavy (non-hydrogen) atoms.